The van der Waals surface area contributed by atoms with E-state index in [1.807, 2.05) is 32.0 Å². The van der Waals surface area contributed by atoms with Gasteiger partial charge in [0.2, 0.25) is 0 Å². The Balaban J connectivity index is 2.14. The minimum Gasteiger partial charge on any atom is -0.390 e. The Morgan fingerprint density at radius 1 is 1.22 bits per heavy atom. The fourth-order valence-corrected chi connectivity index (χ4v) is 3.04. The van der Waals surface area contributed by atoms with Crippen LogP contribution in [0.25, 0.3) is 0 Å². The van der Waals surface area contributed by atoms with Crippen LogP contribution in [0.5, 0.6) is 0 Å². The fraction of sp³-hybridized carbons (Fsp3) is 0.625. The molecule has 0 radical (unpaired) electrons. The summed E-state index contributed by atoms with van der Waals surface area (Å²) in [4.78, 5) is 0. The fourth-order valence-electron chi connectivity index (χ4n) is 3.04. The molecule has 0 heterocycles. The SMILES string of the molecule is CCC(O)(CC)CC1CCc2ccccc2C1O. The van der Waals surface area contributed by atoms with E-state index in [-0.39, 0.29) is 5.92 Å². The predicted molar refractivity (Wildman–Crippen MR) is 73.4 cm³/mol. The monoisotopic (exact) mass is 248 g/mol. The maximum Gasteiger partial charge on any atom is 0.0822 e. The lowest BCUT2D eigenvalue weighted by Gasteiger charge is -2.36. The zero-order chi connectivity index (χ0) is 13.2. The molecule has 0 aromatic heterocycles. The van der Waals surface area contributed by atoms with Crippen molar-refractivity contribution in [3.8, 4) is 0 Å². The van der Waals surface area contributed by atoms with E-state index < -0.39 is 11.7 Å². The standard InChI is InChI=1S/C16H24O2/c1-3-16(18,4-2)11-13-10-9-12-7-5-6-8-14(12)15(13)17/h5-8,13,15,17-18H,3-4,9-11H2,1-2H3. The molecule has 100 valence electrons. The zero-order valence-corrected chi connectivity index (χ0v) is 11.4. The van der Waals surface area contributed by atoms with E-state index in [4.69, 9.17) is 0 Å². The molecule has 0 bridgehead atoms. The molecule has 0 amide bonds. The number of benzene rings is 1. The number of hydrogen-bond acceptors (Lipinski definition) is 2. The Labute approximate surface area is 110 Å². The molecule has 0 spiro atoms. The maximum absolute atomic E-state index is 10.5. The third-order valence-electron chi connectivity index (χ3n) is 4.56. The number of fused-ring (bicyclic) bond motifs is 1. The first-order chi connectivity index (χ1) is 8.59. The molecule has 1 aliphatic carbocycles. The smallest absolute Gasteiger partial charge is 0.0822 e. The van der Waals surface area contributed by atoms with Crippen molar-refractivity contribution in [2.45, 2.75) is 57.7 Å². The van der Waals surface area contributed by atoms with Crippen molar-refractivity contribution >= 4 is 0 Å². The van der Waals surface area contributed by atoms with Crippen molar-refractivity contribution in [3.05, 3.63) is 35.4 Å². The van der Waals surface area contributed by atoms with Gasteiger partial charge in [-0.3, -0.25) is 0 Å². The Morgan fingerprint density at radius 2 is 1.89 bits per heavy atom. The molecule has 1 aromatic carbocycles. The summed E-state index contributed by atoms with van der Waals surface area (Å²) in [5.74, 6) is 0.185. The summed E-state index contributed by atoms with van der Waals surface area (Å²) in [6, 6.07) is 8.13. The molecule has 18 heavy (non-hydrogen) atoms. The van der Waals surface area contributed by atoms with Crippen molar-refractivity contribution in [1.82, 2.24) is 0 Å². The van der Waals surface area contributed by atoms with Crippen molar-refractivity contribution in [3.63, 3.8) is 0 Å². The van der Waals surface area contributed by atoms with E-state index in [0.717, 1.165) is 31.2 Å². The van der Waals surface area contributed by atoms with Crippen molar-refractivity contribution < 1.29 is 10.2 Å². The highest BCUT2D eigenvalue weighted by Gasteiger charge is 2.34. The highest BCUT2D eigenvalue weighted by Crippen LogP contribution is 2.39. The lowest BCUT2D eigenvalue weighted by Crippen LogP contribution is -2.33. The summed E-state index contributed by atoms with van der Waals surface area (Å²) in [5, 5.41) is 20.9. The molecule has 2 nitrogen and oxygen atoms in total. The molecule has 0 fully saturated rings. The molecule has 0 saturated heterocycles. The van der Waals surface area contributed by atoms with Crippen molar-refractivity contribution in [1.29, 1.82) is 0 Å². The van der Waals surface area contributed by atoms with Crippen LogP contribution in [0.3, 0.4) is 0 Å². The minimum absolute atomic E-state index is 0.185. The van der Waals surface area contributed by atoms with Crippen LogP contribution in [0.1, 0.15) is 56.8 Å². The topological polar surface area (TPSA) is 40.5 Å². The summed E-state index contributed by atoms with van der Waals surface area (Å²) < 4.78 is 0. The first-order valence-electron chi connectivity index (χ1n) is 7.08. The van der Waals surface area contributed by atoms with E-state index >= 15 is 0 Å². The third-order valence-corrected chi connectivity index (χ3v) is 4.56. The van der Waals surface area contributed by atoms with Crippen LogP contribution in [0, 0.1) is 5.92 Å². The first kappa shape index (κ1) is 13.6. The van der Waals surface area contributed by atoms with Crippen LogP contribution in [0.4, 0.5) is 0 Å². The predicted octanol–water partition coefficient (Wildman–Crippen LogP) is 3.22. The van der Waals surface area contributed by atoms with Gasteiger partial charge in [0.1, 0.15) is 0 Å². The van der Waals surface area contributed by atoms with Crippen LogP contribution in [0.2, 0.25) is 0 Å². The largest absolute Gasteiger partial charge is 0.390 e. The molecule has 2 unspecified atom stereocenters. The van der Waals surface area contributed by atoms with Gasteiger partial charge in [0.05, 0.1) is 11.7 Å². The lowest BCUT2D eigenvalue weighted by molar-refractivity contribution is -0.0237. The summed E-state index contributed by atoms with van der Waals surface area (Å²) in [5.41, 5.74) is 1.71. The highest BCUT2D eigenvalue weighted by molar-refractivity contribution is 5.31. The number of rotatable bonds is 4. The Hall–Kier alpha value is -0.860. The molecule has 1 aromatic rings. The lowest BCUT2D eigenvalue weighted by atomic mass is 9.75. The van der Waals surface area contributed by atoms with E-state index in [1.165, 1.54) is 5.56 Å². The summed E-state index contributed by atoms with van der Waals surface area (Å²) in [6.45, 7) is 4.04. The van der Waals surface area contributed by atoms with Gasteiger partial charge in [-0.1, -0.05) is 38.1 Å². The van der Waals surface area contributed by atoms with E-state index in [0.29, 0.717) is 6.42 Å². The van der Waals surface area contributed by atoms with Gasteiger partial charge in [0, 0.05) is 0 Å². The number of aryl methyl sites for hydroxylation is 1. The Morgan fingerprint density at radius 3 is 2.56 bits per heavy atom. The zero-order valence-electron chi connectivity index (χ0n) is 11.4. The second-order valence-corrected chi connectivity index (χ2v) is 5.58. The first-order valence-corrected chi connectivity index (χ1v) is 7.08. The van der Waals surface area contributed by atoms with Crippen LogP contribution in [0.15, 0.2) is 24.3 Å². The van der Waals surface area contributed by atoms with E-state index in [1.54, 1.807) is 0 Å². The van der Waals surface area contributed by atoms with Crippen LogP contribution in [-0.4, -0.2) is 15.8 Å². The average molecular weight is 248 g/mol. The highest BCUT2D eigenvalue weighted by atomic mass is 16.3. The number of aliphatic hydroxyl groups is 2. The van der Waals surface area contributed by atoms with Gasteiger partial charge in [-0.15, -0.1) is 0 Å². The molecule has 2 rings (SSSR count). The molecule has 1 aliphatic rings. The van der Waals surface area contributed by atoms with Gasteiger partial charge in [0.15, 0.2) is 0 Å². The minimum atomic E-state index is -0.613. The van der Waals surface area contributed by atoms with E-state index in [2.05, 4.69) is 6.07 Å². The summed E-state index contributed by atoms with van der Waals surface area (Å²) >= 11 is 0. The normalized spacial score (nSPS) is 23.8. The van der Waals surface area contributed by atoms with Crippen molar-refractivity contribution in [2.24, 2.45) is 5.92 Å². The average Bonchev–Trinajstić information content (AvgIpc) is 2.42. The molecule has 2 N–H and O–H groups in total. The van der Waals surface area contributed by atoms with Gasteiger partial charge >= 0.3 is 0 Å². The number of hydrogen-bond donors (Lipinski definition) is 2. The Bertz CT molecular complexity index is 396. The van der Waals surface area contributed by atoms with Crippen molar-refractivity contribution in [2.75, 3.05) is 0 Å². The molecule has 0 aliphatic heterocycles. The molecular formula is C16H24O2. The van der Waals surface area contributed by atoms with Crippen LogP contribution >= 0.6 is 0 Å². The van der Waals surface area contributed by atoms with Crippen LogP contribution in [-0.2, 0) is 6.42 Å². The summed E-state index contributed by atoms with van der Waals surface area (Å²) in [6.07, 6.45) is 3.79. The molecule has 0 saturated carbocycles. The number of aliphatic hydroxyl groups excluding tert-OH is 1. The second kappa shape index (κ2) is 5.41. The quantitative estimate of drug-likeness (QED) is 0.859. The molecular weight excluding hydrogens is 224 g/mol. The summed E-state index contributed by atoms with van der Waals surface area (Å²) in [7, 11) is 0. The third kappa shape index (κ3) is 2.60. The van der Waals surface area contributed by atoms with Gasteiger partial charge in [0.25, 0.3) is 0 Å². The van der Waals surface area contributed by atoms with Gasteiger partial charge in [-0.05, 0) is 49.1 Å². The van der Waals surface area contributed by atoms with Crippen LogP contribution < -0.4 is 0 Å². The second-order valence-electron chi connectivity index (χ2n) is 5.58. The van der Waals surface area contributed by atoms with Gasteiger partial charge < -0.3 is 10.2 Å². The molecule has 2 heteroatoms. The Kier molecular flexibility index (Phi) is 4.08. The van der Waals surface area contributed by atoms with E-state index in [9.17, 15) is 10.2 Å². The maximum atomic E-state index is 10.5. The van der Waals surface area contributed by atoms with Gasteiger partial charge in [-0.25, -0.2) is 0 Å². The molecule has 2 atom stereocenters. The van der Waals surface area contributed by atoms with Gasteiger partial charge in [-0.2, -0.15) is 0 Å².